The fraction of sp³-hybridized carbons (Fsp3) is 0.400. The van der Waals surface area contributed by atoms with Crippen LogP contribution >= 0.6 is 11.6 Å². The second-order valence-electron chi connectivity index (χ2n) is 2.86. The van der Waals surface area contributed by atoms with E-state index in [1.165, 1.54) is 6.07 Å². The van der Waals surface area contributed by atoms with Crippen molar-refractivity contribution in [3.63, 3.8) is 0 Å². The predicted octanol–water partition coefficient (Wildman–Crippen LogP) is 1.51. The van der Waals surface area contributed by atoms with E-state index in [0.29, 0.717) is 6.54 Å². The molecule has 0 aliphatic heterocycles. The fourth-order valence-corrected chi connectivity index (χ4v) is 1.45. The first-order chi connectivity index (χ1) is 7.22. The summed E-state index contributed by atoms with van der Waals surface area (Å²) >= 11 is 5.69. The van der Waals surface area contributed by atoms with Gasteiger partial charge >= 0.3 is 0 Å². The van der Waals surface area contributed by atoms with Crippen molar-refractivity contribution in [1.29, 1.82) is 5.26 Å². The van der Waals surface area contributed by atoms with Gasteiger partial charge < -0.3 is 9.30 Å². The summed E-state index contributed by atoms with van der Waals surface area (Å²) in [6.07, 6.45) is 1.58. The maximum absolute atomic E-state index is 11.5. The minimum atomic E-state index is -0.245. The van der Waals surface area contributed by atoms with E-state index < -0.39 is 0 Å². The number of rotatable bonds is 4. The normalized spacial score (nSPS) is 9.67. The van der Waals surface area contributed by atoms with Crippen LogP contribution in [0.3, 0.4) is 0 Å². The number of aromatic nitrogens is 1. The molecule has 1 heterocycles. The van der Waals surface area contributed by atoms with E-state index in [9.17, 15) is 4.79 Å². The molecule has 0 aliphatic rings. The lowest BCUT2D eigenvalue weighted by atomic mass is 10.3. The molecule has 0 saturated carbocycles. The van der Waals surface area contributed by atoms with Gasteiger partial charge in [-0.25, -0.2) is 0 Å². The van der Waals surface area contributed by atoms with Crippen molar-refractivity contribution in [3.8, 4) is 11.8 Å². The largest absolute Gasteiger partial charge is 0.473 e. The Kier molecular flexibility index (Phi) is 4.19. The Balaban J connectivity index is 3.09. The Morgan fingerprint density at radius 2 is 2.40 bits per heavy atom. The van der Waals surface area contributed by atoms with E-state index in [2.05, 4.69) is 0 Å². The molecule has 1 aromatic heterocycles. The van der Waals surface area contributed by atoms with Crippen LogP contribution in [-0.2, 0) is 12.4 Å². The smallest absolute Gasteiger partial charge is 0.223 e. The number of halogens is 1. The lowest BCUT2D eigenvalue weighted by Crippen LogP contribution is -2.14. The highest BCUT2D eigenvalue weighted by Crippen LogP contribution is 2.08. The van der Waals surface area contributed by atoms with Crippen molar-refractivity contribution in [1.82, 2.24) is 4.57 Å². The van der Waals surface area contributed by atoms with Crippen LogP contribution in [0.4, 0.5) is 0 Å². The van der Waals surface area contributed by atoms with Crippen LogP contribution in [0.1, 0.15) is 12.6 Å². The first kappa shape index (κ1) is 11.6. The minimum absolute atomic E-state index is 0.126. The van der Waals surface area contributed by atoms with Gasteiger partial charge in [-0.05, 0) is 6.92 Å². The summed E-state index contributed by atoms with van der Waals surface area (Å²) in [4.78, 5) is 11.5. The Morgan fingerprint density at radius 3 is 2.93 bits per heavy atom. The highest BCUT2D eigenvalue weighted by atomic mass is 35.5. The zero-order valence-electron chi connectivity index (χ0n) is 8.36. The summed E-state index contributed by atoms with van der Waals surface area (Å²) in [5.74, 6) is 0.467. The van der Waals surface area contributed by atoms with Gasteiger partial charge in [-0.1, -0.05) is 0 Å². The highest BCUT2D eigenvalue weighted by Gasteiger charge is 2.05. The third kappa shape index (κ3) is 2.74. The quantitative estimate of drug-likeness (QED) is 0.732. The minimum Gasteiger partial charge on any atom is -0.473 e. The van der Waals surface area contributed by atoms with Crippen LogP contribution < -0.4 is 10.2 Å². The molecule has 0 N–H and O–H groups in total. The van der Waals surface area contributed by atoms with Crippen LogP contribution in [0.5, 0.6) is 5.75 Å². The number of nitriles is 1. The van der Waals surface area contributed by atoms with Crippen molar-refractivity contribution in [2.45, 2.75) is 19.3 Å². The molecule has 0 amide bonds. The number of nitrogens with zero attached hydrogens (tertiary/aromatic N) is 2. The number of aryl methyl sites for hydroxylation is 1. The molecule has 0 spiro atoms. The van der Waals surface area contributed by atoms with Gasteiger partial charge in [0.15, 0.2) is 12.4 Å². The Labute approximate surface area is 92.7 Å². The molecule has 0 atom stereocenters. The van der Waals surface area contributed by atoms with Gasteiger partial charge in [0.1, 0.15) is 6.07 Å². The lowest BCUT2D eigenvalue weighted by molar-refractivity contribution is 0.360. The molecule has 4 nitrogen and oxygen atoms in total. The number of hydrogen-bond donors (Lipinski definition) is 0. The first-order valence-electron chi connectivity index (χ1n) is 4.52. The Bertz CT molecular complexity index is 434. The average Bonchev–Trinajstić information content (AvgIpc) is 2.27. The standard InChI is InChI=1S/C10H11ClN2O2/c1-2-13-7-10(15-4-3-12)9(14)5-8(13)6-11/h5,7H,2,4,6H2,1H3. The maximum atomic E-state index is 11.5. The van der Waals surface area contributed by atoms with Crippen LogP contribution in [0.2, 0.25) is 0 Å². The van der Waals surface area contributed by atoms with Gasteiger partial charge in [-0.2, -0.15) is 5.26 Å². The number of ether oxygens (including phenoxy) is 1. The van der Waals surface area contributed by atoms with Gasteiger partial charge in [0.2, 0.25) is 5.43 Å². The second-order valence-corrected chi connectivity index (χ2v) is 3.13. The highest BCUT2D eigenvalue weighted by molar-refractivity contribution is 6.16. The van der Waals surface area contributed by atoms with Crippen molar-refractivity contribution in [3.05, 3.63) is 28.2 Å². The molecule has 0 aliphatic carbocycles. The van der Waals surface area contributed by atoms with Crippen LogP contribution in [0.15, 0.2) is 17.1 Å². The van der Waals surface area contributed by atoms with Crippen LogP contribution in [0.25, 0.3) is 0 Å². The summed E-state index contributed by atoms with van der Waals surface area (Å²) in [6, 6.07) is 3.25. The molecular formula is C10H11ClN2O2. The van der Waals surface area contributed by atoms with Gasteiger partial charge in [0, 0.05) is 18.3 Å². The molecule has 0 unspecified atom stereocenters. The van der Waals surface area contributed by atoms with Gasteiger partial charge in [0.05, 0.1) is 12.1 Å². The van der Waals surface area contributed by atoms with Gasteiger partial charge in [0.25, 0.3) is 0 Å². The predicted molar refractivity (Wildman–Crippen MR) is 57.0 cm³/mol. The summed E-state index contributed by atoms with van der Waals surface area (Å²) in [5.41, 5.74) is 0.499. The maximum Gasteiger partial charge on any atom is 0.223 e. The summed E-state index contributed by atoms with van der Waals surface area (Å²) in [7, 11) is 0. The zero-order chi connectivity index (χ0) is 11.3. The fourth-order valence-electron chi connectivity index (χ4n) is 1.22. The number of alkyl halides is 1. The Morgan fingerprint density at radius 1 is 1.67 bits per heavy atom. The monoisotopic (exact) mass is 226 g/mol. The summed E-state index contributed by atoms with van der Waals surface area (Å²) in [6.45, 7) is 2.51. The summed E-state index contributed by atoms with van der Waals surface area (Å²) < 4.78 is 6.81. The van der Waals surface area contributed by atoms with Crippen LogP contribution in [0, 0.1) is 11.3 Å². The third-order valence-corrected chi connectivity index (χ3v) is 2.23. The molecule has 1 rings (SSSR count). The van der Waals surface area contributed by atoms with Gasteiger partial charge in [-0.3, -0.25) is 4.79 Å². The topological polar surface area (TPSA) is 55.0 Å². The van der Waals surface area contributed by atoms with Crippen molar-refractivity contribution in [2.75, 3.05) is 6.61 Å². The Hall–Kier alpha value is -1.47. The van der Waals surface area contributed by atoms with E-state index in [1.807, 2.05) is 17.6 Å². The molecule has 0 aromatic carbocycles. The number of pyridine rings is 1. The van der Waals surface area contributed by atoms with E-state index in [4.69, 9.17) is 21.6 Å². The zero-order valence-corrected chi connectivity index (χ0v) is 9.12. The lowest BCUT2D eigenvalue weighted by Gasteiger charge is -2.10. The third-order valence-electron chi connectivity index (χ3n) is 1.95. The average molecular weight is 227 g/mol. The molecule has 0 fully saturated rings. The van der Waals surface area contributed by atoms with Crippen molar-refractivity contribution < 1.29 is 4.74 Å². The van der Waals surface area contributed by atoms with E-state index in [1.54, 1.807) is 6.20 Å². The molecule has 0 radical (unpaired) electrons. The van der Waals surface area contributed by atoms with E-state index in [0.717, 1.165) is 5.69 Å². The molecule has 0 bridgehead atoms. The molecular weight excluding hydrogens is 216 g/mol. The van der Waals surface area contributed by atoms with Crippen LogP contribution in [-0.4, -0.2) is 11.2 Å². The van der Waals surface area contributed by atoms with E-state index in [-0.39, 0.29) is 23.7 Å². The molecule has 1 aromatic rings. The van der Waals surface area contributed by atoms with Crippen molar-refractivity contribution in [2.24, 2.45) is 0 Å². The molecule has 5 heteroatoms. The molecule has 0 saturated heterocycles. The SMILES string of the molecule is CCn1cc(OCC#N)c(=O)cc1CCl. The van der Waals surface area contributed by atoms with Crippen molar-refractivity contribution >= 4 is 11.6 Å². The number of hydrogen-bond acceptors (Lipinski definition) is 3. The molecule has 15 heavy (non-hydrogen) atoms. The van der Waals surface area contributed by atoms with Gasteiger partial charge in [-0.15, -0.1) is 11.6 Å². The summed E-state index contributed by atoms with van der Waals surface area (Å²) in [5, 5.41) is 8.34. The molecule has 80 valence electrons. The van der Waals surface area contributed by atoms with E-state index >= 15 is 0 Å². The second kappa shape index (κ2) is 5.42. The first-order valence-corrected chi connectivity index (χ1v) is 5.05.